The fourth-order valence-corrected chi connectivity index (χ4v) is 3.07. The van der Waals surface area contributed by atoms with Crippen LogP contribution < -0.4 is 4.72 Å². The Bertz CT molecular complexity index is 876. The molecule has 6 nitrogen and oxygen atoms in total. The molecule has 0 aliphatic heterocycles. The topological polar surface area (TPSA) is 87.7 Å². The zero-order valence-corrected chi connectivity index (χ0v) is 11.6. The molecule has 2 N–H and O–H groups in total. The van der Waals surface area contributed by atoms with Crippen molar-refractivity contribution in [2.75, 3.05) is 4.72 Å². The molecule has 102 valence electrons. The van der Waals surface area contributed by atoms with Crippen molar-refractivity contribution in [3.05, 3.63) is 47.9 Å². The Morgan fingerprint density at radius 3 is 2.85 bits per heavy atom. The molecule has 0 amide bonds. The van der Waals surface area contributed by atoms with E-state index in [1.54, 1.807) is 24.4 Å². The Kier molecular flexibility index (Phi) is 3.07. The van der Waals surface area contributed by atoms with Crippen LogP contribution in [0.1, 0.15) is 0 Å². The van der Waals surface area contributed by atoms with E-state index in [0.717, 1.165) is 10.9 Å². The van der Waals surface area contributed by atoms with E-state index in [0.29, 0.717) is 5.69 Å². The summed E-state index contributed by atoms with van der Waals surface area (Å²) in [6.45, 7) is 0. The van der Waals surface area contributed by atoms with Gasteiger partial charge in [-0.3, -0.25) is 9.82 Å². The molecule has 20 heavy (non-hydrogen) atoms. The van der Waals surface area contributed by atoms with Crippen LogP contribution in [0.5, 0.6) is 0 Å². The number of aromatic nitrogens is 3. The summed E-state index contributed by atoms with van der Waals surface area (Å²) in [4.78, 5) is 3.81. The third kappa shape index (κ3) is 2.45. The van der Waals surface area contributed by atoms with Gasteiger partial charge in [0, 0.05) is 11.6 Å². The van der Waals surface area contributed by atoms with Crippen molar-refractivity contribution in [1.82, 2.24) is 15.2 Å². The highest BCUT2D eigenvalue weighted by atomic mass is 35.5. The molecule has 0 atom stereocenters. The van der Waals surface area contributed by atoms with Crippen LogP contribution in [0, 0.1) is 0 Å². The predicted molar refractivity (Wildman–Crippen MR) is 76.1 cm³/mol. The minimum atomic E-state index is -3.70. The standard InChI is InChI=1S/C12H9ClN4O2S/c13-12-6-10(3-4-14-12)20(18,19)17-9-2-1-8-7-15-16-11(8)5-9/h1-7,17H,(H,15,16). The second kappa shape index (κ2) is 4.77. The van der Waals surface area contributed by atoms with Gasteiger partial charge < -0.3 is 0 Å². The average molecular weight is 309 g/mol. The highest BCUT2D eigenvalue weighted by Gasteiger charge is 2.15. The summed E-state index contributed by atoms with van der Waals surface area (Å²) in [5.41, 5.74) is 1.19. The lowest BCUT2D eigenvalue weighted by Crippen LogP contribution is -2.13. The fraction of sp³-hybridized carbons (Fsp3) is 0. The van der Waals surface area contributed by atoms with Crippen molar-refractivity contribution in [1.29, 1.82) is 0 Å². The SMILES string of the molecule is O=S(=O)(Nc1ccc2cn[nH]c2c1)c1ccnc(Cl)c1. The van der Waals surface area contributed by atoms with Gasteiger partial charge in [-0.2, -0.15) is 5.10 Å². The van der Waals surface area contributed by atoms with E-state index in [9.17, 15) is 8.42 Å². The summed E-state index contributed by atoms with van der Waals surface area (Å²) in [6.07, 6.45) is 3.01. The Labute approximate surface area is 119 Å². The first kappa shape index (κ1) is 12.9. The lowest BCUT2D eigenvalue weighted by atomic mass is 10.2. The molecule has 3 rings (SSSR count). The van der Waals surface area contributed by atoms with Gasteiger partial charge in [0.2, 0.25) is 0 Å². The molecule has 0 unspecified atom stereocenters. The molecule has 0 bridgehead atoms. The number of nitrogens with one attached hydrogen (secondary N) is 2. The average Bonchev–Trinajstić information content (AvgIpc) is 2.85. The predicted octanol–water partition coefficient (Wildman–Crippen LogP) is 2.41. The van der Waals surface area contributed by atoms with Gasteiger partial charge in [0.25, 0.3) is 10.0 Å². The van der Waals surface area contributed by atoms with Gasteiger partial charge in [-0.25, -0.2) is 13.4 Å². The van der Waals surface area contributed by atoms with E-state index in [1.165, 1.54) is 18.3 Å². The summed E-state index contributed by atoms with van der Waals surface area (Å²) in [6, 6.07) is 7.78. The van der Waals surface area contributed by atoms with Crippen LogP contribution in [0.15, 0.2) is 47.6 Å². The van der Waals surface area contributed by atoms with Crippen molar-refractivity contribution in [3.63, 3.8) is 0 Å². The molecule has 0 fully saturated rings. The zero-order chi connectivity index (χ0) is 14.2. The van der Waals surface area contributed by atoms with E-state index in [4.69, 9.17) is 11.6 Å². The number of hydrogen-bond acceptors (Lipinski definition) is 4. The number of H-pyrrole nitrogens is 1. The Balaban J connectivity index is 1.96. The Morgan fingerprint density at radius 2 is 2.05 bits per heavy atom. The van der Waals surface area contributed by atoms with Crippen molar-refractivity contribution >= 4 is 38.2 Å². The first-order chi connectivity index (χ1) is 9.54. The minimum Gasteiger partial charge on any atom is -0.280 e. The Morgan fingerprint density at radius 1 is 1.20 bits per heavy atom. The molecule has 3 aromatic rings. The smallest absolute Gasteiger partial charge is 0.262 e. The van der Waals surface area contributed by atoms with Crippen LogP contribution in [0.3, 0.4) is 0 Å². The van der Waals surface area contributed by atoms with Gasteiger partial charge in [-0.05, 0) is 30.3 Å². The number of pyridine rings is 1. The van der Waals surface area contributed by atoms with Gasteiger partial charge in [-0.1, -0.05) is 11.6 Å². The summed E-state index contributed by atoms with van der Waals surface area (Å²) in [7, 11) is -3.70. The largest absolute Gasteiger partial charge is 0.280 e. The van der Waals surface area contributed by atoms with Crippen molar-refractivity contribution in [2.24, 2.45) is 0 Å². The van der Waals surface area contributed by atoms with Gasteiger partial charge in [0.1, 0.15) is 5.15 Å². The zero-order valence-electron chi connectivity index (χ0n) is 10.0. The first-order valence-corrected chi connectivity index (χ1v) is 7.48. The summed E-state index contributed by atoms with van der Waals surface area (Å²) >= 11 is 5.70. The molecule has 1 aromatic carbocycles. The summed E-state index contributed by atoms with van der Waals surface area (Å²) < 4.78 is 26.9. The number of nitrogens with zero attached hydrogens (tertiary/aromatic N) is 2. The number of anilines is 1. The maximum absolute atomic E-state index is 12.2. The maximum atomic E-state index is 12.2. The quantitative estimate of drug-likeness (QED) is 0.727. The van der Waals surface area contributed by atoms with E-state index in [2.05, 4.69) is 19.9 Å². The number of benzene rings is 1. The van der Waals surface area contributed by atoms with Crippen LogP contribution in [0.25, 0.3) is 10.9 Å². The fourth-order valence-electron chi connectivity index (χ4n) is 1.77. The highest BCUT2D eigenvalue weighted by Crippen LogP contribution is 2.21. The van der Waals surface area contributed by atoms with Crippen molar-refractivity contribution in [2.45, 2.75) is 4.90 Å². The van der Waals surface area contributed by atoms with Crippen LogP contribution in [0.4, 0.5) is 5.69 Å². The molecule has 0 saturated heterocycles. The molecular formula is C12H9ClN4O2S. The maximum Gasteiger partial charge on any atom is 0.262 e. The van der Waals surface area contributed by atoms with Crippen LogP contribution >= 0.6 is 11.6 Å². The molecular weight excluding hydrogens is 300 g/mol. The third-order valence-corrected chi connectivity index (χ3v) is 4.29. The van der Waals surface area contributed by atoms with E-state index < -0.39 is 10.0 Å². The minimum absolute atomic E-state index is 0.0576. The van der Waals surface area contributed by atoms with Crippen molar-refractivity contribution in [3.8, 4) is 0 Å². The Hall–Kier alpha value is -2.12. The van der Waals surface area contributed by atoms with Crippen LogP contribution in [-0.2, 0) is 10.0 Å². The first-order valence-electron chi connectivity index (χ1n) is 5.62. The lowest BCUT2D eigenvalue weighted by molar-refractivity contribution is 0.601. The van der Waals surface area contributed by atoms with E-state index in [-0.39, 0.29) is 10.0 Å². The molecule has 0 aliphatic carbocycles. The van der Waals surface area contributed by atoms with Crippen LogP contribution in [0.2, 0.25) is 5.15 Å². The molecule has 0 saturated carbocycles. The second-order valence-electron chi connectivity index (χ2n) is 4.09. The number of aromatic amines is 1. The summed E-state index contributed by atoms with van der Waals surface area (Å²) in [5, 5.41) is 7.68. The third-order valence-electron chi connectivity index (χ3n) is 2.70. The normalized spacial score (nSPS) is 11.7. The van der Waals surface area contributed by atoms with Gasteiger partial charge in [-0.15, -0.1) is 0 Å². The number of hydrogen-bond donors (Lipinski definition) is 2. The molecule has 2 aromatic heterocycles. The van der Waals surface area contributed by atoms with Gasteiger partial charge in [0.05, 0.1) is 22.3 Å². The summed E-state index contributed by atoms with van der Waals surface area (Å²) in [5.74, 6) is 0. The van der Waals surface area contributed by atoms with E-state index in [1.807, 2.05) is 0 Å². The monoisotopic (exact) mass is 308 g/mol. The second-order valence-corrected chi connectivity index (χ2v) is 6.16. The number of halogens is 1. The van der Waals surface area contributed by atoms with Gasteiger partial charge >= 0.3 is 0 Å². The molecule has 0 aliphatic rings. The number of sulfonamides is 1. The van der Waals surface area contributed by atoms with Crippen molar-refractivity contribution < 1.29 is 8.42 Å². The molecule has 0 radical (unpaired) electrons. The highest BCUT2D eigenvalue weighted by molar-refractivity contribution is 7.92. The molecule has 2 heterocycles. The van der Waals surface area contributed by atoms with Gasteiger partial charge in [0.15, 0.2) is 0 Å². The molecule has 8 heteroatoms. The number of fused-ring (bicyclic) bond motifs is 1. The van der Waals surface area contributed by atoms with E-state index >= 15 is 0 Å². The van der Waals surface area contributed by atoms with Crippen LogP contribution in [-0.4, -0.2) is 23.6 Å². The molecule has 0 spiro atoms. The number of rotatable bonds is 3. The lowest BCUT2D eigenvalue weighted by Gasteiger charge is -2.08.